The molecule has 2 heterocycles. The van der Waals surface area contributed by atoms with Crippen molar-refractivity contribution in [2.24, 2.45) is 0 Å². The number of carbonyl (C=O) groups is 1. The molecule has 0 saturated heterocycles. The van der Waals surface area contributed by atoms with E-state index in [9.17, 15) is 18.2 Å². The van der Waals surface area contributed by atoms with Crippen LogP contribution >= 0.6 is 0 Å². The molecule has 2 aromatic rings. The third-order valence-electron chi connectivity index (χ3n) is 5.32. The van der Waals surface area contributed by atoms with E-state index in [0.29, 0.717) is 28.0 Å². The Hall–Kier alpha value is -2.36. The maximum Gasteiger partial charge on any atom is 0.491 e. The van der Waals surface area contributed by atoms with E-state index in [0.717, 1.165) is 5.56 Å². The molecule has 27 heavy (non-hydrogen) atoms. The van der Waals surface area contributed by atoms with Gasteiger partial charge < -0.3 is 15.0 Å². The second kappa shape index (κ2) is 5.82. The van der Waals surface area contributed by atoms with Crippen molar-refractivity contribution < 1.29 is 22.9 Å². The van der Waals surface area contributed by atoms with Crippen LogP contribution in [0, 0.1) is 0 Å². The van der Waals surface area contributed by atoms with Crippen LogP contribution in [0.15, 0.2) is 36.4 Å². The number of nitrogens with zero attached hydrogens (tertiary/aromatic N) is 1. The van der Waals surface area contributed by atoms with Crippen molar-refractivity contribution in [2.45, 2.75) is 25.2 Å². The molecule has 140 valence electrons. The Morgan fingerprint density at radius 3 is 2.74 bits per heavy atom. The molecule has 0 atom stereocenters. The van der Waals surface area contributed by atoms with Crippen LogP contribution in [0.25, 0.3) is 0 Å². The van der Waals surface area contributed by atoms with E-state index in [-0.39, 0.29) is 12.5 Å². The summed E-state index contributed by atoms with van der Waals surface area (Å²) in [5.74, 6) is -0.333. The summed E-state index contributed by atoms with van der Waals surface area (Å²) in [5.41, 5.74) is 3.66. The zero-order chi connectivity index (χ0) is 19.6. The van der Waals surface area contributed by atoms with Crippen LogP contribution in [0.3, 0.4) is 0 Å². The molecule has 4 rings (SSSR count). The Morgan fingerprint density at radius 1 is 1.26 bits per heavy atom. The van der Waals surface area contributed by atoms with Gasteiger partial charge >= 0.3 is 7.12 Å². The van der Waals surface area contributed by atoms with E-state index in [1.54, 1.807) is 50.2 Å². The largest absolute Gasteiger partial charge is 0.491 e. The molecule has 2 aliphatic rings. The van der Waals surface area contributed by atoms with Crippen LogP contribution in [0.2, 0.25) is 0 Å². The number of carbonyl (C=O) groups excluding carboxylic acids is 1. The van der Waals surface area contributed by atoms with Gasteiger partial charge in [0.2, 0.25) is 10.0 Å². The molecule has 9 heteroatoms. The summed E-state index contributed by atoms with van der Waals surface area (Å²) >= 11 is 0. The molecule has 7 nitrogen and oxygen atoms in total. The van der Waals surface area contributed by atoms with Gasteiger partial charge in [-0.25, -0.2) is 8.42 Å². The number of hydrogen-bond donors (Lipinski definition) is 2. The van der Waals surface area contributed by atoms with E-state index in [2.05, 4.69) is 5.32 Å². The molecule has 2 aromatic carbocycles. The Balaban J connectivity index is 1.64. The summed E-state index contributed by atoms with van der Waals surface area (Å²) in [6, 6.07) is 10.1. The second-order valence-corrected chi connectivity index (χ2v) is 9.76. The topological polar surface area (TPSA) is 95.9 Å². The number of benzene rings is 2. The molecular weight excluding hydrogens is 367 g/mol. The lowest BCUT2D eigenvalue weighted by atomic mass is 9.79. The van der Waals surface area contributed by atoms with Crippen LogP contribution in [0.5, 0.6) is 0 Å². The maximum absolute atomic E-state index is 12.7. The van der Waals surface area contributed by atoms with E-state index in [4.69, 9.17) is 4.65 Å². The van der Waals surface area contributed by atoms with Gasteiger partial charge in [0.1, 0.15) is 4.75 Å². The minimum Gasteiger partial charge on any atom is -0.423 e. The van der Waals surface area contributed by atoms with Gasteiger partial charge in [-0.1, -0.05) is 6.07 Å². The molecule has 0 spiro atoms. The lowest BCUT2D eigenvalue weighted by molar-refractivity contribution is 0.102. The second-order valence-electron chi connectivity index (χ2n) is 7.25. The van der Waals surface area contributed by atoms with E-state index >= 15 is 0 Å². The fourth-order valence-corrected chi connectivity index (χ4v) is 5.10. The smallest absolute Gasteiger partial charge is 0.423 e. The minimum absolute atomic E-state index is 0.289. The highest BCUT2D eigenvalue weighted by Gasteiger charge is 2.48. The third-order valence-corrected chi connectivity index (χ3v) is 7.74. The molecule has 0 radical (unpaired) electrons. The molecule has 0 fully saturated rings. The van der Waals surface area contributed by atoms with Gasteiger partial charge in [-0.05, 0) is 60.8 Å². The predicted octanol–water partition coefficient (Wildman–Crippen LogP) is 1.17. The molecule has 0 saturated carbocycles. The van der Waals surface area contributed by atoms with Gasteiger partial charge in [-0.2, -0.15) is 0 Å². The number of hydrogen-bond acceptors (Lipinski definition) is 5. The monoisotopic (exact) mass is 386 g/mol. The van der Waals surface area contributed by atoms with Crippen molar-refractivity contribution in [3.05, 3.63) is 53.1 Å². The van der Waals surface area contributed by atoms with Crippen LogP contribution in [0.4, 0.5) is 11.4 Å². The highest BCUT2D eigenvalue weighted by atomic mass is 32.2. The standard InChI is InChI=1S/C18H19BN2O5S/c1-18(2)14-9-11(4-7-16(14)21(3)27(18,24)25)17(22)20-13-5-6-15-12(8-13)10-26-19(15)23/h4-9,23H,10H2,1-3H3,(H,20,22). The highest BCUT2D eigenvalue weighted by molar-refractivity contribution is 7.94. The first kappa shape index (κ1) is 18.0. The van der Waals surface area contributed by atoms with Crippen molar-refractivity contribution >= 4 is 39.9 Å². The zero-order valence-electron chi connectivity index (χ0n) is 15.2. The Kier molecular flexibility index (Phi) is 3.89. The molecule has 0 aliphatic carbocycles. The molecule has 0 bridgehead atoms. The third kappa shape index (κ3) is 2.57. The number of rotatable bonds is 2. The lowest BCUT2D eigenvalue weighted by Gasteiger charge is -2.19. The number of fused-ring (bicyclic) bond motifs is 2. The molecule has 0 unspecified atom stereocenters. The number of nitrogens with one attached hydrogen (secondary N) is 1. The predicted molar refractivity (Wildman–Crippen MR) is 104 cm³/mol. The van der Waals surface area contributed by atoms with Crippen LogP contribution in [-0.2, 0) is 26.0 Å². The number of sulfonamides is 1. The summed E-state index contributed by atoms with van der Waals surface area (Å²) in [7, 11) is -2.92. The highest BCUT2D eigenvalue weighted by Crippen LogP contribution is 2.46. The van der Waals surface area contributed by atoms with Crippen molar-refractivity contribution in [1.82, 2.24) is 0 Å². The fraction of sp³-hybridized carbons (Fsp3) is 0.278. The van der Waals surface area contributed by atoms with Gasteiger partial charge in [0.25, 0.3) is 5.91 Å². The van der Waals surface area contributed by atoms with Crippen molar-refractivity contribution in [3.63, 3.8) is 0 Å². The lowest BCUT2D eigenvalue weighted by Crippen LogP contribution is -2.33. The Bertz CT molecular complexity index is 1070. The molecular formula is C18H19BN2O5S. The van der Waals surface area contributed by atoms with Gasteiger partial charge in [0.05, 0.1) is 12.3 Å². The van der Waals surface area contributed by atoms with Crippen molar-refractivity contribution in [2.75, 3.05) is 16.7 Å². The maximum atomic E-state index is 12.7. The zero-order valence-corrected chi connectivity index (χ0v) is 16.0. The van der Waals surface area contributed by atoms with Crippen LogP contribution < -0.4 is 15.1 Å². The Labute approximate surface area is 158 Å². The summed E-state index contributed by atoms with van der Waals surface area (Å²) in [6.07, 6.45) is 0. The van der Waals surface area contributed by atoms with Crippen molar-refractivity contribution in [3.8, 4) is 0 Å². The minimum atomic E-state index is -3.51. The Morgan fingerprint density at radius 2 is 2.00 bits per heavy atom. The summed E-state index contributed by atoms with van der Waals surface area (Å²) in [6.45, 7) is 3.56. The number of amides is 1. The quantitative estimate of drug-likeness (QED) is 0.756. The number of anilines is 2. The molecule has 2 aliphatic heterocycles. The summed E-state index contributed by atoms with van der Waals surface area (Å²) < 4.78 is 30.5. The van der Waals surface area contributed by atoms with Crippen molar-refractivity contribution in [1.29, 1.82) is 0 Å². The van der Waals surface area contributed by atoms with Crippen LogP contribution in [0.1, 0.15) is 35.3 Å². The normalized spacial score (nSPS) is 19.0. The van der Waals surface area contributed by atoms with Gasteiger partial charge in [0.15, 0.2) is 0 Å². The van der Waals surface area contributed by atoms with Crippen LogP contribution in [-0.4, -0.2) is 33.5 Å². The van der Waals surface area contributed by atoms with E-state index < -0.39 is 21.9 Å². The first-order valence-electron chi connectivity index (χ1n) is 8.50. The average Bonchev–Trinajstić information content (AvgIpc) is 3.05. The summed E-state index contributed by atoms with van der Waals surface area (Å²) in [5, 5.41) is 12.5. The molecule has 2 N–H and O–H groups in total. The van der Waals surface area contributed by atoms with E-state index in [1.807, 2.05) is 0 Å². The first-order valence-corrected chi connectivity index (χ1v) is 9.94. The average molecular weight is 386 g/mol. The first-order chi connectivity index (χ1) is 12.6. The van der Waals surface area contributed by atoms with Gasteiger partial charge in [-0.15, -0.1) is 0 Å². The fourth-order valence-electron chi connectivity index (χ4n) is 3.56. The SMILES string of the molecule is CN1c2ccc(C(=O)Nc3ccc4c(c3)COB4O)cc2C(C)(C)S1(=O)=O. The molecule has 0 aromatic heterocycles. The van der Waals surface area contributed by atoms with E-state index in [1.165, 1.54) is 11.4 Å². The van der Waals surface area contributed by atoms with Gasteiger partial charge in [0, 0.05) is 18.3 Å². The van der Waals surface area contributed by atoms with Gasteiger partial charge in [-0.3, -0.25) is 9.10 Å². The molecule has 1 amide bonds. The summed E-state index contributed by atoms with van der Waals surface area (Å²) in [4.78, 5) is 12.7.